The van der Waals surface area contributed by atoms with E-state index in [-0.39, 0.29) is 23.3 Å². The van der Waals surface area contributed by atoms with E-state index < -0.39 is 25.3 Å². The van der Waals surface area contributed by atoms with Crippen LogP contribution in [0.3, 0.4) is 0 Å². The first kappa shape index (κ1) is 26.8. The summed E-state index contributed by atoms with van der Waals surface area (Å²) in [5, 5.41) is 15.9. The average molecular weight is 583 g/mol. The third-order valence-electron chi connectivity index (χ3n) is 5.90. The molecule has 0 saturated carbocycles. The zero-order chi connectivity index (χ0) is 26.9. The van der Waals surface area contributed by atoms with Crippen LogP contribution in [0.25, 0.3) is 21.3 Å². The second kappa shape index (κ2) is 10.8. The number of fused-ring (bicyclic) bond motifs is 1. The number of sulfone groups is 1. The van der Waals surface area contributed by atoms with E-state index in [1.54, 1.807) is 6.20 Å². The lowest BCUT2D eigenvalue weighted by Gasteiger charge is -2.26. The Bertz CT molecular complexity index is 1640. The van der Waals surface area contributed by atoms with Gasteiger partial charge in [-0.05, 0) is 17.7 Å². The van der Waals surface area contributed by atoms with Gasteiger partial charge in [0.1, 0.15) is 5.01 Å². The number of nitrogens with two attached hydrogens (primary N) is 1. The van der Waals surface area contributed by atoms with Crippen LogP contribution in [0.5, 0.6) is 0 Å². The molecule has 4 heterocycles. The monoisotopic (exact) mass is 582 g/mol. The first-order valence-corrected chi connectivity index (χ1v) is 15.9. The highest BCUT2D eigenvalue weighted by molar-refractivity contribution is 7.91. The predicted molar refractivity (Wildman–Crippen MR) is 139 cm³/mol. The van der Waals surface area contributed by atoms with Gasteiger partial charge in [0.2, 0.25) is 11.8 Å². The Morgan fingerprint density at radius 3 is 2.66 bits per heavy atom. The molecule has 0 amide bonds. The Morgan fingerprint density at radius 2 is 1.92 bits per heavy atom. The van der Waals surface area contributed by atoms with Gasteiger partial charge in [0.25, 0.3) is 10.2 Å². The van der Waals surface area contributed by atoms with Crippen LogP contribution in [-0.4, -0.2) is 85.8 Å². The Kier molecular flexibility index (Phi) is 7.58. The summed E-state index contributed by atoms with van der Waals surface area (Å²) in [5.74, 6) is -0.337. The Balaban J connectivity index is 1.36. The molecular weight excluding hydrogens is 556 g/mol. The van der Waals surface area contributed by atoms with Crippen molar-refractivity contribution in [1.29, 1.82) is 0 Å². The van der Waals surface area contributed by atoms with E-state index in [1.165, 1.54) is 11.3 Å². The van der Waals surface area contributed by atoms with Gasteiger partial charge < -0.3 is 9.15 Å². The fraction of sp³-hybridized carbons (Fsp3) is 0.429. The third-order valence-corrected chi connectivity index (χ3v) is 8.96. The minimum atomic E-state index is -3.98. The van der Waals surface area contributed by atoms with E-state index in [0.717, 1.165) is 61.5 Å². The van der Waals surface area contributed by atoms with E-state index in [2.05, 4.69) is 25.2 Å². The topological polar surface area (TPSA) is 188 Å². The quantitative estimate of drug-likeness (QED) is 0.262. The van der Waals surface area contributed by atoms with Crippen molar-refractivity contribution in [2.24, 2.45) is 5.14 Å². The van der Waals surface area contributed by atoms with Crippen LogP contribution in [-0.2, 0) is 37.9 Å². The zero-order valence-electron chi connectivity index (χ0n) is 20.3. The van der Waals surface area contributed by atoms with Crippen molar-refractivity contribution in [1.82, 2.24) is 34.6 Å². The van der Waals surface area contributed by atoms with E-state index >= 15 is 0 Å². The maximum Gasteiger partial charge on any atom is 0.274 e. The van der Waals surface area contributed by atoms with E-state index in [9.17, 15) is 16.8 Å². The fourth-order valence-electron chi connectivity index (χ4n) is 4.02. The highest BCUT2D eigenvalue weighted by Crippen LogP contribution is 2.36. The van der Waals surface area contributed by atoms with Gasteiger partial charge in [-0.3, -0.25) is 9.58 Å². The summed E-state index contributed by atoms with van der Waals surface area (Å²) in [6.45, 7) is 4.64. The molecule has 1 fully saturated rings. The number of hydrogen-bond acceptors (Lipinski definition) is 12. The SMILES string of the molecule is CS(=O)(=O)C(c1nnc(CNS(N)(=O)=O)o1)c1nc2ccc(-c3cnn(CCN4CCOCC4)c3)cc2s1. The van der Waals surface area contributed by atoms with E-state index in [4.69, 9.17) is 14.3 Å². The second-order valence-corrected chi connectivity index (χ2v) is 13.4. The lowest BCUT2D eigenvalue weighted by Crippen LogP contribution is -2.38. The summed E-state index contributed by atoms with van der Waals surface area (Å²) >= 11 is 1.20. The lowest BCUT2D eigenvalue weighted by molar-refractivity contribution is 0.0360. The molecule has 3 N–H and O–H groups in total. The number of ether oxygens (including phenoxy) is 1. The Morgan fingerprint density at radius 1 is 1.13 bits per heavy atom. The maximum absolute atomic E-state index is 12.7. The van der Waals surface area contributed by atoms with Crippen molar-refractivity contribution in [3.05, 3.63) is 47.4 Å². The molecule has 0 spiro atoms. The van der Waals surface area contributed by atoms with Crippen molar-refractivity contribution < 1.29 is 26.0 Å². The van der Waals surface area contributed by atoms with E-state index in [1.807, 2.05) is 33.8 Å². The molecule has 1 saturated heterocycles. The molecule has 0 bridgehead atoms. The summed E-state index contributed by atoms with van der Waals surface area (Å²) in [6, 6.07) is 5.67. The van der Waals surface area contributed by atoms with Gasteiger partial charge in [-0.15, -0.1) is 21.5 Å². The van der Waals surface area contributed by atoms with Crippen LogP contribution < -0.4 is 9.86 Å². The minimum absolute atomic E-state index is 0.128. The summed E-state index contributed by atoms with van der Waals surface area (Å²) in [5.41, 5.74) is 2.49. The van der Waals surface area contributed by atoms with Gasteiger partial charge in [-0.25, -0.2) is 18.5 Å². The molecule has 0 aliphatic carbocycles. The number of rotatable bonds is 10. The molecule has 3 aromatic heterocycles. The summed E-state index contributed by atoms with van der Waals surface area (Å²) in [4.78, 5) is 6.86. The van der Waals surface area contributed by atoms with Gasteiger partial charge in [-0.1, -0.05) is 6.07 Å². The highest BCUT2D eigenvalue weighted by atomic mass is 32.2. The molecule has 14 nitrogen and oxygen atoms in total. The Hall–Kier alpha value is -2.80. The van der Waals surface area contributed by atoms with Gasteiger partial charge >= 0.3 is 0 Å². The van der Waals surface area contributed by atoms with Crippen molar-refractivity contribution >= 4 is 41.6 Å². The van der Waals surface area contributed by atoms with Gasteiger partial charge in [-0.2, -0.15) is 18.2 Å². The van der Waals surface area contributed by atoms with Crippen LogP contribution in [0.15, 0.2) is 35.0 Å². The van der Waals surface area contributed by atoms with Crippen molar-refractivity contribution in [2.75, 3.05) is 39.1 Å². The number of nitrogens with zero attached hydrogens (tertiary/aromatic N) is 6. The lowest BCUT2D eigenvalue weighted by atomic mass is 10.1. The molecule has 1 aliphatic rings. The van der Waals surface area contributed by atoms with Crippen LogP contribution >= 0.6 is 11.3 Å². The van der Waals surface area contributed by atoms with Gasteiger partial charge in [0, 0.05) is 37.7 Å². The maximum atomic E-state index is 12.7. The number of hydrogen-bond donors (Lipinski definition) is 2. The van der Waals surface area contributed by atoms with Crippen LogP contribution in [0.4, 0.5) is 0 Å². The average Bonchev–Trinajstić information content (AvgIpc) is 3.60. The third kappa shape index (κ3) is 6.42. The number of nitrogens with one attached hydrogen (secondary N) is 1. The minimum Gasteiger partial charge on any atom is -0.422 e. The van der Waals surface area contributed by atoms with Crippen molar-refractivity contribution in [2.45, 2.75) is 18.3 Å². The normalized spacial score (nSPS) is 16.3. The molecule has 0 radical (unpaired) electrons. The smallest absolute Gasteiger partial charge is 0.274 e. The van der Waals surface area contributed by atoms with Crippen LogP contribution in [0.2, 0.25) is 0 Å². The summed E-state index contributed by atoms with van der Waals surface area (Å²) < 4.78 is 63.1. The van der Waals surface area contributed by atoms with Gasteiger partial charge in [0.05, 0.1) is 42.7 Å². The molecule has 38 heavy (non-hydrogen) atoms. The molecule has 204 valence electrons. The molecule has 1 unspecified atom stereocenters. The molecular formula is C21H26N8O6S3. The predicted octanol–water partition coefficient (Wildman–Crippen LogP) is 0.302. The molecule has 1 aliphatic heterocycles. The first-order chi connectivity index (χ1) is 18.0. The Labute approximate surface area is 222 Å². The largest absolute Gasteiger partial charge is 0.422 e. The highest BCUT2D eigenvalue weighted by Gasteiger charge is 2.34. The van der Waals surface area contributed by atoms with Crippen molar-refractivity contribution in [3.8, 4) is 11.1 Å². The zero-order valence-corrected chi connectivity index (χ0v) is 22.8. The number of aromatic nitrogens is 5. The number of benzene rings is 1. The molecule has 1 atom stereocenters. The fourth-order valence-corrected chi connectivity index (χ4v) is 6.87. The summed E-state index contributed by atoms with van der Waals surface area (Å²) in [7, 11) is -7.74. The number of morpholine rings is 1. The molecule has 5 rings (SSSR count). The van der Waals surface area contributed by atoms with Gasteiger partial charge in [0.15, 0.2) is 15.1 Å². The molecule has 1 aromatic carbocycles. The molecule has 17 heteroatoms. The second-order valence-electron chi connectivity index (χ2n) is 8.79. The first-order valence-electron chi connectivity index (χ1n) is 11.6. The van der Waals surface area contributed by atoms with Crippen molar-refractivity contribution in [3.63, 3.8) is 0 Å². The van der Waals surface area contributed by atoms with Crippen LogP contribution in [0, 0.1) is 0 Å². The van der Waals surface area contributed by atoms with Crippen LogP contribution in [0.1, 0.15) is 22.0 Å². The summed E-state index contributed by atoms with van der Waals surface area (Å²) in [6.07, 6.45) is 4.84. The molecule has 4 aromatic rings. The van der Waals surface area contributed by atoms with E-state index in [0.29, 0.717) is 5.52 Å². The number of thiazole rings is 1. The standard InChI is InChI=1S/C21H26N8O6S3/c1-37(30,31)19(20-27-26-18(35-20)12-24-38(22,32)33)21-25-16-3-2-14(10-17(16)36-21)15-11-23-29(13-15)5-4-28-6-8-34-9-7-28/h2-3,10-11,13,19,24H,4-9,12H2,1H3,(H2,22,32,33).